The highest BCUT2D eigenvalue weighted by Gasteiger charge is 2.12. The molecule has 0 radical (unpaired) electrons. The second-order valence-corrected chi connectivity index (χ2v) is 4.62. The Morgan fingerprint density at radius 1 is 1.39 bits per heavy atom. The van der Waals surface area contributed by atoms with Gasteiger partial charge in [0.05, 0.1) is 4.92 Å². The summed E-state index contributed by atoms with van der Waals surface area (Å²) >= 11 is 9.16. The summed E-state index contributed by atoms with van der Waals surface area (Å²) in [7, 11) is 0. The van der Waals surface area contributed by atoms with Crippen LogP contribution in [0.1, 0.15) is 0 Å². The normalized spacial score (nSPS) is 10.1. The zero-order valence-corrected chi connectivity index (χ0v) is 11.2. The van der Waals surface area contributed by atoms with E-state index in [2.05, 4.69) is 20.9 Å². The Morgan fingerprint density at radius 3 is 2.78 bits per heavy atom. The van der Waals surface area contributed by atoms with Crippen molar-refractivity contribution in [3.63, 3.8) is 0 Å². The fraction of sp³-hybridized carbons (Fsp3) is 0. The molecule has 0 saturated heterocycles. The molecule has 0 aliphatic heterocycles. The lowest BCUT2D eigenvalue weighted by atomic mass is 10.3. The summed E-state index contributed by atoms with van der Waals surface area (Å²) in [5.74, 6) is 0.660. The van der Waals surface area contributed by atoms with Gasteiger partial charge in [0.1, 0.15) is 17.0 Å². The van der Waals surface area contributed by atoms with Crippen LogP contribution in [0.4, 0.5) is 5.69 Å². The smallest absolute Gasteiger partial charge is 0.289 e. The Balaban J connectivity index is 2.27. The quantitative estimate of drug-likeness (QED) is 0.625. The zero-order valence-electron chi connectivity index (χ0n) is 8.84. The van der Waals surface area contributed by atoms with Crippen LogP contribution in [0.3, 0.4) is 0 Å². The van der Waals surface area contributed by atoms with Gasteiger partial charge in [0.25, 0.3) is 5.69 Å². The van der Waals surface area contributed by atoms with Crippen LogP contribution < -0.4 is 4.74 Å². The Hall–Kier alpha value is -1.66. The van der Waals surface area contributed by atoms with E-state index in [9.17, 15) is 10.1 Å². The number of ether oxygens (including phenoxy) is 1. The monoisotopic (exact) mass is 328 g/mol. The van der Waals surface area contributed by atoms with E-state index in [0.717, 1.165) is 10.7 Å². The minimum absolute atomic E-state index is 0.0872. The van der Waals surface area contributed by atoms with Crippen LogP contribution in [-0.4, -0.2) is 9.91 Å². The average Bonchev–Trinajstić information content (AvgIpc) is 2.31. The first-order chi connectivity index (χ1) is 8.56. The molecule has 0 bridgehead atoms. The van der Waals surface area contributed by atoms with Crippen molar-refractivity contribution in [1.29, 1.82) is 0 Å². The first kappa shape index (κ1) is 12.8. The Morgan fingerprint density at radius 2 is 2.17 bits per heavy atom. The summed E-state index contributed by atoms with van der Waals surface area (Å²) in [4.78, 5) is 13.8. The van der Waals surface area contributed by atoms with Crippen molar-refractivity contribution in [3.8, 4) is 11.6 Å². The van der Waals surface area contributed by atoms with E-state index in [1.54, 1.807) is 18.2 Å². The lowest BCUT2D eigenvalue weighted by Gasteiger charge is -2.06. The van der Waals surface area contributed by atoms with Crippen LogP contribution >= 0.6 is 27.5 Å². The molecule has 5 nitrogen and oxygen atoms in total. The highest BCUT2D eigenvalue weighted by Crippen LogP contribution is 2.30. The van der Waals surface area contributed by atoms with Gasteiger partial charge in [-0.15, -0.1) is 0 Å². The molecule has 0 amide bonds. The van der Waals surface area contributed by atoms with Crippen molar-refractivity contribution in [2.75, 3.05) is 0 Å². The van der Waals surface area contributed by atoms with Crippen molar-refractivity contribution in [2.24, 2.45) is 0 Å². The number of halogens is 2. The highest BCUT2D eigenvalue weighted by atomic mass is 79.9. The minimum atomic E-state index is -0.568. The highest BCUT2D eigenvalue weighted by molar-refractivity contribution is 9.10. The lowest BCUT2D eigenvalue weighted by molar-refractivity contribution is -0.385. The van der Waals surface area contributed by atoms with E-state index >= 15 is 0 Å². The largest absolute Gasteiger partial charge is 0.437 e. The van der Waals surface area contributed by atoms with E-state index < -0.39 is 4.92 Å². The molecular weight excluding hydrogens is 323 g/mol. The van der Waals surface area contributed by atoms with Crippen molar-refractivity contribution >= 4 is 33.2 Å². The fourth-order valence-electron chi connectivity index (χ4n) is 1.23. The molecule has 1 aromatic carbocycles. The molecule has 0 N–H and O–H groups in total. The van der Waals surface area contributed by atoms with E-state index in [1.165, 1.54) is 6.07 Å². The van der Waals surface area contributed by atoms with Crippen LogP contribution in [-0.2, 0) is 0 Å². The number of benzene rings is 1. The van der Waals surface area contributed by atoms with Gasteiger partial charge >= 0.3 is 0 Å². The summed E-state index contributed by atoms with van der Waals surface area (Å²) in [5, 5.41) is 10.6. The van der Waals surface area contributed by atoms with Crippen molar-refractivity contribution < 1.29 is 9.66 Å². The number of hydrogen-bond acceptors (Lipinski definition) is 4. The molecule has 0 spiro atoms. The Kier molecular flexibility index (Phi) is 3.78. The molecule has 0 saturated carbocycles. The first-order valence-electron chi connectivity index (χ1n) is 4.79. The van der Waals surface area contributed by atoms with Gasteiger partial charge in [-0.2, -0.15) is 0 Å². The molecule has 92 valence electrons. The molecule has 18 heavy (non-hydrogen) atoms. The molecule has 0 fully saturated rings. The van der Waals surface area contributed by atoms with Gasteiger partial charge in [0.15, 0.2) is 0 Å². The number of rotatable bonds is 3. The van der Waals surface area contributed by atoms with E-state index in [-0.39, 0.29) is 16.6 Å². The van der Waals surface area contributed by atoms with Gasteiger partial charge in [-0.05, 0) is 18.2 Å². The van der Waals surface area contributed by atoms with Gasteiger partial charge < -0.3 is 4.74 Å². The van der Waals surface area contributed by atoms with E-state index in [4.69, 9.17) is 16.3 Å². The topological polar surface area (TPSA) is 65.3 Å². The molecule has 0 atom stereocenters. The average molecular weight is 330 g/mol. The van der Waals surface area contributed by atoms with Crippen molar-refractivity contribution in [1.82, 2.24) is 4.98 Å². The Labute approximate surface area is 116 Å². The second kappa shape index (κ2) is 5.32. The van der Waals surface area contributed by atoms with Crippen LogP contribution in [0.5, 0.6) is 11.6 Å². The van der Waals surface area contributed by atoms with Gasteiger partial charge in [-0.3, -0.25) is 10.1 Å². The molecule has 1 heterocycles. The Bertz CT molecular complexity index is 607. The molecule has 2 rings (SSSR count). The molecular formula is C11H6BrClN2O3. The summed E-state index contributed by atoms with van der Waals surface area (Å²) in [5.41, 5.74) is -0.179. The number of aromatic nitrogens is 1. The molecule has 0 unspecified atom stereocenters. The van der Waals surface area contributed by atoms with Crippen LogP contribution in [0, 0.1) is 10.1 Å². The van der Waals surface area contributed by atoms with Gasteiger partial charge in [-0.25, -0.2) is 4.98 Å². The van der Waals surface area contributed by atoms with Crippen molar-refractivity contribution in [2.45, 2.75) is 0 Å². The zero-order chi connectivity index (χ0) is 13.1. The number of pyridine rings is 1. The third-order valence-electron chi connectivity index (χ3n) is 2.01. The third-order valence-corrected chi connectivity index (χ3v) is 2.78. The van der Waals surface area contributed by atoms with Crippen LogP contribution in [0.15, 0.2) is 41.0 Å². The summed E-state index contributed by atoms with van der Waals surface area (Å²) < 4.78 is 6.27. The fourth-order valence-corrected chi connectivity index (χ4v) is 1.81. The van der Waals surface area contributed by atoms with Crippen molar-refractivity contribution in [3.05, 3.63) is 56.1 Å². The SMILES string of the molecule is O=[N+]([O-])c1cnc(Oc2cccc(Br)c2)c(Cl)c1. The maximum atomic E-state index is 10.5. The van der Waals surface area contributed by atoms with Gasteiger partial charge in [-0.1, -0.05) is 33.6 Å². The standard InChI is InChI=1S/C11H6BrClN2O3/c12-7-2-1-3-9(4-7)18-11-10(13)5-8(6-14-11)15(16)17/h1-6H. The number of hydrogen-bond donors (Lipinski definition) is 0. The molecule has 0 aliphatic rings. The predicted octanol–water partition coefficient (Wildman–Crippen LogP) is 4.20. The molecule has 0 aliphatic carbocycles. The van der Waals surface area contributed by atoms with Gasteiger partial charge in [0.2, 0.25) is 5.88 Å². The van der Waals surface area contributed by atoms with E-state index in [1.807, 2.05) is 6.07 Å². The minimum Gasteiger partial charge on any atom is -0.437 e. The first-order valence-corrected chi connectivity index (χ1v) is 5.97. The lowest BCUT2D eigenvalue weighted by Crippen LogP contribution is -1.93. The summed E-state index contributed by atoms with van der Waals surface area (Å²) in [6.07, 6.45) is 1.10. The molecule has 2 aromatic rings. The third kappa shape index (κ3) is 2.96. The predicted molar refractivity (Wildman–Crippen MR) is 70.1 cm³/mol. The molecule has 1 aromatic heterocycles. The van der Waals surface area contributed by atoms with E-state index in [0.29, 0.717) is 5.75 Å². The van der Waals surface area contributed by atoms with Gasteiger partial charge in [0, 0.05) is 10.5 Å². The number of nitrogens with zero attached hydrogens (tertiary/aromatic N) is 2. The number of nitro groups is 1. The summed E-state index contributed by atoms with van der Waals surface area (Å²) in [6, 6.07) is 8.29. The molecule has 7 heteroatoms. The maximum Gasteiger partial charge on any atom is 0.289 e. The van der Waals surface area contributed by atoms with Crippen LogP contribution in [0.2, 0.25) is 5.02 Å². The summed E-state index contributed by atoms with van der Waals surface area (Å²) in [6.45, 7) is 0. The second-order valence-electron chi connectivity index (χ2n) is 3.30. The maximum absolute atomic E-state index is 10.5. The van der Waals surface area contributed by atoms with Crippen LogP contribution in [0.25, 0.3) is 0 Å².